The highest BCUT2D eigenvalue weighted by molar-refractivity contribution is 5.87. The number of ether oxygens (including phenoxy) is 1. The van der Waals surface area contributed by atoms with Crippen LogP contribution in [0.15, 0.2) is 12.2 Å². The number of carbonyl (C=O) groups is 1. The second-order valence-electron chi connectivity index (χ2n) is 5.22. The summed E-state index contributed by atoms with van der Waals surface area (Å²) >= 11 is 0. The molecule has 2 nitrogen and oxygen atoms in total. The smallest absolute Gasteiger partial charge is 0.333 e. The van der Waals surface area contributed by atoms with Gasteiger partial charge in [0.1, 0.15) is 6.10 Å². The zero-order valence-corrected chi connectivity index (χ0v) is 10.2. The van der Waals surface area contributed by atoms with Gasteiger partial charge in [-0.1, -0.05) is 41.2 Å². The zero-order valence-electron chi connectivity index (χ0n) is 10.2. The van der Waals surface area contributed by atoms with Crippen molar-refractivity contribution in [2.24, 2.45) is 11.3 Å². The van der Waals surface area contributed by atoms with Crippen molar-refractivity contribution < 1.29 is 9.53 Å². The van der Waals surface area contributed by atoms with E-state index in [1.165, 1.54) is 0 Å². The van der Waals surface area contributed by atoms with Gasteiger partial charge in [-0.05, 0) is 18.3 Å². The van der Waals surface area contributed by atoms with E-state index in [0.29, 0.717) is 11.5 Å². The van der Waals surface area contributed by atoms with Gasteiger partial charge in [-0.25, -0.2) is 4.79 Å². The van der Waals surface area contributed by atoms with Crippen LogP contribution in [0.5, 0.6) is 0 Å². The Morgan fingerprint density at radius 1 is 1.29 bits per heavy atom. The molecule has 0 rings (SSSR count). The van der Waals surface area contributed by atoms with Gasteiger partial charge in [-0.15, -0.1) is 0 Å². The lowest BCUT2D eigenvalue weighted by molar-refractivity contribution is -0.153. The first-order valence-corrected chi connectivity index (χ1v) is 5.02. The van der Waals surface area contributed by atoms with Gasteiger partial charge in [-0.2, -0.15) is 0 Å². The van der Waals surface area contributed by atoms with E-state index < -0.39 is 0 Å². The molecule has 0 radical (unpaired) electrons. The molecule has 0 fully saturated rings. The monoisotopic (exact) mass is 198 g/mol. The Labute approximate surface area is 87.3 Å². The molecule has 1 atom stereocenters. The van der Waals surface area contributed by atoms with E-state index in [-0.39, 0.29) is 17.5 Å². The van der Waals surface area contributed by atoms with E-state index in [4.69, 9.17) is 4.74 Å². The van der Waals surface area contributed by atoms with Gasteiger partial charge in [0.2, 0.25) is 0 Å². The molecule has 0 aliphatic carbocycles. The molecule has 14 heavy (non-hydrogen) atoms. The number of hydrogen-bond acceptors (Lipinski definition) is 2. The fraction of sp³-hybridized carbons (Fsp3) is 0.750. The van der Waals surface area contributed by atoms with Crippen LogP contribution in [0.2, 0.25) is 0 Å². The summed E-state index contributed by atoms with van der Waals surface area (Å²) in [4.78, 5) is 11.4. The molecule has 1 unspecified atom stereocenters. The predicted octanol–water partition coefficient (Wildman–Crippen LogP) is 3.18. The number of carbonyl (C=O) groups excluding carboxylic acids is 1. The molecule has 0 saturated carbocycles. The lowest BCUT2D eigenvalue weighted by atomic mass is 9.82. The third kappa shape index (κ3) is 3.95. The van der Waals surface area contributed by atoms with Gasteiger partial charge in [0.25, 0.3) is 0 Å². The maximum atomic E-state index is 11.4. The third-order valence-electron chi connectivity index (χ3n) is 2.04. The summed E-state index contributed by atoms with van der Waals surface area (Å²) in [6.07, 6.45) is -0.0632. The van der Waals surface area contributed by atoms with E-state index in [0.717, 1.165) is 0 Å². The van der Waals surface area contributed by atoms with Crippen molar-refractivity contribution in [2.75, 3.05) is 0 Å². The first kappa shape index (κ1) is 13.2. The Balaban J connectivity index is 4.56. The fourth-order valence-corrected chi connectivity index (χ4v) is 1.53. The van der Waals surface area contributed by atoms with E-state index >= 15 is 0 Å². The van der Waals surface area contributed by atoms with Gasteiger partial charge in [0.15, 0.2) is 0 Å². The number of esters is 1. The molecule has 0 saturated heterocycles. The first-order valence-electron chi connectivity index (χ1n) is 5.02. The second-order valence-corrected chi connectivity index (χ2v) is 5.22. The maximum absolute atomic E-state index is 11.4. The zero-order chi connectivity index (χ0) is 11.5. The quantitative estimate of drug-likeness (QED) is 0.514. The van der Waals surface area contributed by atoms with Crippen LogP contribution in [0.25, 0.3) is 0 Å². The van der Waals surface area contributed by atoms with Crippen molar-refractivity contribution >= 4 is 5.97 Å². The van der Waals surface area contributed by atoms with Crippen molar-refractivity contribution in [3.8, 4) is 0 Å². The topological polar surface area (TPSA) is 26.3 Å². The Morgan fingerprint density at radius 2 is 1.71 bits per heavy atom. The van der Waals surface area contributed by atoms with Gasteiger partial charge >= 0.3 is 5.97 Å². The molecule has 0 bridgehead atoms. The van der Waals surface area contributed by atoms with Crippen LogP contribution in [0.4, 0.5) is 0 Å². The molecule has 0 N–H and O–H groups in total. The first-order chi connectivity index (χ1) is 6.16. The summed E-state index contributed by atoms with van der Waals surface area (Å²) < 4.78 is 5.40. The number of rotatable bonds is 3. The molecule has 0 spiro atoms. The Hall–Kier alpha value is -0.790. The van der Waals surface area contributed by atoms with E-state index in [1.807, 2.05) is 0 Å². The van der Waals surface area contributed by atoms with Crippen LogP contribution in [-0.4, -0.2) is 12.1 Å². The van der Waals surface area contributed by atoms with Gasteiger partial charge in [-0.3, -0.25) is 0 Å². The van der Waals surface area contributed by atoms with Gasteiger partial charge in [0, 0.05) is 5.57 Å². The molecule has 0 aromatic heterocycles. The SMILES string of the molecule is C=C(C)C(=O)OC(C(C)C)C(C)(C)C. The van der Waals surface area contributed by atoms with Crippen LogP contribution in [0.1, 0.15) is 41.5 Å². The van der Waals surface area contributed by atoms with Crippen molar-refractivity contribution in [3.05, 3.63) is 12.2 Å². The van der Waals surface area contributed by atoms with E-state index in [2.05, 4.69) is 41.2 Å². The van der Waals surface area contributed by atoms with Crippen LogP contribution >= 0.6 is 0 Å². The molecule has 0 aliphatic heterocycles. The molecule has 0 aromatic carbocycles. The molecule has 0 aromatic rings. The second kappa shape index (κ2) is 4.63. The van der Waals surface area contributed by atoms with Crippen molar-refractivity contribution in [2.45, 2.75) is 47.6 Å². The lowest BCUT2D eigenvalue weighted by Crippen LogP contribution is -2.36. The minimum absolute atomic E-state index is 0.0285. The molecule has 2 heteroatoms. The minimum Gasteiger partial charge on any atom is -0.458 e. The summed E-state index contributed by atoms with van der Waals surface area (Å²) in [5.74, 6) is 0.0249. The summed E-state index contributed by atoms with van der Waals surface area (Å²) in [6, 6.07) is 0. The normalized spacial score (nSPS) is 13.9. The molecular formula is C12H22O2. The maximum Gasteiger partial charge on any atom is 0.333 e. The van der Waals surface area contributed by atoms with E-state index in [1.54, 1.807) is 6.92 Å². The standard InChI is InChI=1S/C12H22O2/c1-8(2)10(12(5,6)7)14-11(13)9(3)4/h8,10H,3H2,1-2,4-7H3. The molecule has 0 amide bonds. The highest BCUT2D eigenvalue weighted by Crippen LogP contribution is 2.28. The van der Waals surface area contributed by atoms with Crippen LogP contribution in [0, 0.1) is 11.3 Å². The highest BCUT2D eigenvalue weighted by Gasteiger charge is 2.31. The summed E-state index contributed by atoms with van der Waals surface area (Å²) in [6.45, 7) is 15.6. The van der Waals surface area contributed by atoms with Crippen LogP contribution in [0.3, 0.4) is 0 Å². The molecule has 0 aliphatic rings. The van der Waals surface area contributed by atoms with Gasteiger partial charge in [0.05, 0.1) is 0 Å². The van der Waals surface area contributed by atoms with Crippen LogP contribution in [-0.2, 0) is 9.53 Å². The van der Waals surface area contributed by atoms with Crippen molar-refractivity contribution in [1.29, 1.82) is 0 Å². The fourth-order valence-electron chi connectivity index (χ4n) is 1.53. The molecule has 82 valence electrons. The summed E-state index contributed by atoms with van der Waals surface area (Å²) in [7, 11) is 0. The Morgan fingerprint density at radius 3 is 1.93 bits per heavy atom. The van der Waals surface area contributed by atoms with Crippen LogP contribution < -0.4 is 0 Å². The number of hydrogen-bond donors (Lipinski definition) is 0. The van der Waals surface area contributed by atoms with Gasteiger partial charge < -0.3 is 4.74 Å². The average molecular weight is 198 g/mol. The largest absolute Gasteiger partial charge is 0.458 e. The summed E-state index contributed by atoms with van der Waals surface area (Å²) in [5.41, 5.74) is 0.430. The summed E-state index contributed by atoms with van der Waals surface area (Å²) in [5, 5.41) is 0. The lowest BCUT2D eigenvalue weighted by Gasteiger charge is -2.33. The van der Waals surface area contributed by atoms with Crippen molar-refractivity contribution in [1.82, 2.24) is 0 Å². The molecular weight excluding hydrogens is 176 g/mol. The minimum atomic E-state index is -0.293. The van der Waals surface area contributed by atoms with Crippen molar-refractivity contribution in [3.63, 3.8) is 0 Å². The predicted molar refractivity (Wildman–Crippen MR) is 59.0 cm³/mol. The Bertz CT molecular complexity index is 221. The Kier molecular flexibility index (Phi) is 4.37. The average Bonchev–Trinajstić information content (AvgIpc) is 1.96. The third-order valence-corrected chi connectivity index (χ3v) is 2.04. The highest BCUT2D eigenvalue weighted by atomic mass is 16.5. The van der Waals surface area contributed by atoms with E-state index in [9.17, 15) is 4.79 Å². The molecule has 0 heterocycles.